The third-order valence-corrected chi connectivity index (χ3v) is 12.7. The van der Waals surface area contributed by atoms with Gasteiger partial charge in [0, 0.05) is 82.7 Å². The maximum absolute atomic E-state index is 15.0. The second-order valence-corrected chi connectivity index (χ2v) is 27.1. The average molecular weight is 736 g/mol. The van der Waals surface area contributed by atoms with E-state index >= 15 is 4.39 Å². The first-order valence-electron chi connectivity index (χ1n) is 18.2. The number of anilines is 1. The molecule has 4 aromatic heterocycles. The summed E-state index contributed by atoms with van der Waals surface area (Å²) in [6.07, 6.45) is 8.00. The van der Waals surface area contributed by atoms with Crippen molar-refractivity contribution in [2.45, 2.75) is 96.1 Å². The van der Waals surface area contributed by atoms with Gasteiger partial charge in [0.25, 0.3) is 0 Å². The second kappa shape index (κ2) is 17.3. The molecule has 0 spiro atoms. The largest absolute Gasteiger partial charge is 0.464 e. The van der Waals surface area contributed by atoms with Gasteiger partial charge in [-0.15, -0.1) is 0 Å². The Hall–Kier alpha value is -3.60. The molecule has 14 heteroatoms. The molecule has 0 amide bonds. The van der Waals surface area contributed by atoms with Crippen molar-refractivity contribution in [3.63, 3.8) is 0 Å². The van der Waals surface area contributed by atoms with E-state index < -0.39 is 28.3 Å². The molecule has 1 aliphatic rings. The number of carbonyl (C=O) groups excluding carboxylic acids is 1. The summed E-state index contributed by atoms with van der Waals surface area (Å²) >= 11 is 0. The Morgan fingerprint density at radius 3 is 2.16 bits per heavy atom. The first kappa shape index (κ1) is 38.6. The van der Waals surface area contributed by atoms with Gasteiger partial charge in [0.15, 0.2) is 17.6 Å². The van der Waals surface area contributed by atoms with Crippen LogP contribution < -0.4 is 4.90 Å². The van der Waals surface area contributed by atoms with Crippen molar-refractivity contribution in [2.24, 2.45) is 5.92 Å². The number of hydrogen-bond donors (Lipinski definition) is 0. The molecule has 0 saturated heterocycles. The normalized spacial score (nSPS) is 17.4. The highest BCUT2D eigenvalue weighted by atomic mass is 28.3. The number of esters is 1. The number of hydrogen-bond acceptors (Lipinski definition) is 10. The maximum atomic E-state index is 15.0. The van der Waals surface area contributed by atoms with Gasteiger partial charge < -0.3 is 19.1 Å². The quantitative estimate of drug-likeness (QED) is 0.0459. The van der Waals surface area contributed by atoms with Crippen LogP contribution in [-0.4, -0.2) is 91.1 Å². The van der Waals surface area contributed by atoms with Crippen molar-refractivity contribution in [1.82, 2.24) is 29.5 Å². The number of ether oxygens (including phenoxy) is 3. The summed E-state index contributed by atoms with van der Waals surface area (Å²) in [5.74, 6) is 0.341. The van der Waals surface area contributed by atoms with Crippen molar-refractivity contribution in [3.8, 4) is 22.6 Å². The Kier molecular flexibility index (Phi) is 13.1. The molecule has 0 radical (unpaired) electrons. The highest BCUT2D eigenvalue weighted by Gasteiger charge is 2.34. The van der Waals surface area contributed by atoms with E-state index in [9.17, 15) is 4.79 Å². The highest BCUT2D eigenvalue weighted by Crippen LogP contribution is 2.39. The molecule has 0 aromatic carbocycles. The number of pyridine rings is 1. The summed E-state index contributed by atoms with van der Waals surface area (Å²) in [5.41, 5.74) is 3.97. The van der Waals surface area contributed by atoms with E-state index in [1.807, 2.05) is 22.8 Å². The minimum Gasteiger partial charge on any atom is -0.464 e. The van der Waals surface area contributed by atoms with Crippen LogP contribution in [0.15, 0.2) is 49.1 Å². The lowest BCUT2D eigenvalue weighted by Gasteiger charge is -2.31. The summed E-state index contributed by atoms with van der Waals surface area (Å²) < 4.78 is 34.5. The second-order valence-electron chi connectivity index (χ2n) is 15.8. The zero-order valence-corrected chi connectivity index (χ0v) is 33.3. The van der Waals surface area contributed by atoms with Crippen LogP contribution in [0.3, 0.4) is 0 Å². The van der Waals surface area contributed by atoms with Crippen LogP contribution >= 0.6 is 0 Å². The van der Waals surface area contributed by atoms with Crippen LogP contribution in [0.25, 0.3) is 28.3 Å². The highest BCUT2D eigenvalue weighted by molar-refractivity contribution is 6.76. The van der Waals surface area contributed by atoms with Crippen molar-refractivity contribution in [2.75, 3.05) is 38.2 Å². The standard InChI is InChI=1S/C37H54FN7O4Si2/c1-8-49-37(46)34(38)28-12-10-27(11-13-28)32-22-33(44(25-47-18-20-50(2,3)4)26-48-19-21-51(5,6)7)45-36(43-32)30(24-42-45)29-14-15-31(41-23-29)35-39-16-9-17-40-35/h9,14-17,22-24,27-28,34H,8,10-13,18-21,25-26H2,1-7H3. The van der Waals surface area contributed by atoms with Gasteiger partial charge in [0.2, 0.25) is 0 Å². The smallest absolute Gasteiger partial charge is 0.341 e. The van der Waals surface area contributed by atoms with E-state index in [0.29, 0.717) is 69.5 Å². The fourth-order valence-corrected chi connectivity index (χ4v) is 7.63. The summed E-state index contributed by atoms with van der Waals surface area (Å²) in [6, 6.07) is 9.87. The molecule has 4 aromatic rings. The third-order valence-electron chi connectivity index (χ3n) is 9.27. The number of halogens is 1. The molecular formula is C37H54FN7O4Si2. The Balaban J connectivity index is 1.49. The van der Waals surface area contributed by atoms with Crippen molar-refractivity contribution in [3.05, 3.63) is 54.7 Å². The first-order chi connectivity index (χ1) is 24.3. The van der Waals surface area contributed by atoms with Crippen molar-refractivity contribution >= 4 is 33.6 Å². The van der Waals surface area contributed by atoms with Gasteiger partial charge in [-0.1, -0.05) is 45.3 Å². The molecule has 1 atom stereocenters. The molecular weight excluding hydrogens is 682 g/mol. The SMILES string of the molecule is CCOC(=O)C(F)C1CCC(c2cc(N(COCC[Si](C)(C)C)COCC[Si](C)(C)C)n3ncc(-c4ccc(-c5ncccn5)nc4)c3n2)CC1. The molecule has 0 N–H and O–H groups in total. The lowest BCUT2D eigenvalue weighted by molar-refractivity contribution is -0.151. The Morgan fingerprint density at radius 2 is 1.59 bits per heavy atom. The van der Waals surface area contributed by atoms with Crippen LogP contribution in [0.4, 0.5) is 10.2 Å². The summed E-state index contributed by atoms with van der Waals surface area (Å²) in [5, 5.41) is 4.85. The summed E-state index contributed by atoms with van der Waals surface area (Å²) in [6.45, 7) is 18.0. The molecule has 1 fully saturated rings. The molecule has 11 nitrogen and oxygen atoms in total. The number of nitrogens with zero attached hydrogens (tertiary/aromatic N) is 7. The molecule has 0 bridgehead atoms. The molecule has 1 saturated carbocycles. The van der Waals surface area contributed by atoms with Gasteiger partial charge in [0.05, 0.1) is 12.8 Å². The molecule has 4 heterocycles. The summed E-state index contributed by atoms with van der Waals surface area (Å²) in [7, 11) is -2.58. The van der Waals surface area contributed by atoms with Crippen LogP contribution in [0.2, 0.25) is 51.4 Å². The van der Waals surface area contributed by atoms with E-state index in [4.69, 9.17) is 24.3 Å². The Labute approximate surface area is 303 Å². The van der Waals surface area contributed by atoms with Gasteiger partial charge in [-0.3, -0.25) is 4.98 Å². The number of carbonyl (C=O) groups is 1. The van der Waals surface area contributed by atoms with E-state index in [-0.39, 0.29) is 18.4 Å². The number of alkyl halides is 1. The van der Waals surface area contributed by atoms with Gasteiger partial charge in [-0.25, -0.2) is 24.1 Å². The first-order valence-corrected chi connectivity index (χ1v) is 25.6. The summed E-state index contributed by atoms with van der Waals surface area (Å²) in [4.78, 5) is 32.8. The molecule has 51 heavy (non-hydrogen) atoms. The van der Waals surface area contributed by atoms with Crippen molar-refractivity contribution in [1.29, 1.82) is 0 Å². The molecule has 0 aliphatic heterocycles. The van der Waals surface area contributed by atoms with Crippen LogP contribution in [0.5, 0.6) is 0 Å². The van der Waals surface area contributed by atoms with Gasteiger partial charge in [0.1, 0.15) is 25.0 Å². The Bertz CT molecular complexity index is 1680. The van der Waals surface area contributed by atoms with Gasteiger partial charge >= 0.3 is 5.97 Å². The zero-order valence-electron chi connectivity index (χ0n) is 31.3. The predicted molar refractivity (Wildman–Crippen MR) is 204 cm³/mol. The van der Waals surface area contributed by atoms with Crippen molar-refractivity contribution < 1.29 is 23.4 Å². The lowest BCUT2D eigenvalue weighted by Crippen LogP contribution is -2.33. The predicted octanol–water partition coefficient (Wildman–Crippen LogP) is 7.85. The number of aromatic nitrogens is 6. The molecule has 5 rings (SSSR count). The minimum absolute atomic E-state index is 0.0837. The fourth-order valence-electron chi connectivity index (χ4n) is 6.12. The van der Waals surface area contributed by atoms with Crippen LogP contribution in [0.1, 0.15) is 44.2 Å². The topological polar surface area (TPSA) is 117 Å². The molecule has 276 valence electrons. The third kappa shape index (κ3) is 10.7. The molecule has 1 unspecified atom stereocenters. The van der Waals surface area contributed by atoms with E-state index in [1.165, 1.54) is 0 Å². The average Bonchev–Trinajstić information content (AvgIpc) is 3.54. The lowest BCUT2D eigenvalue weighted by atomic mass is 9.78. The maximum Gasteiger partial charge on any atom is 0.341 e. The van der Waals surface area contributed by atoms with Gasteiger partial charge in [-0.05, 0) is 56.8 Å². The molecule has 1 aliphatic carbocycles. The van der Waals surface area contributed by atoms with Crippen LogP contribution in [-0.2, 0) is 19.0 Å². The van der Waals surface area contributed by atoms with E-state index in [2.05, 4.69) is 65.2 Å². The van der Waals surface area contributed by atoms with Gasteiger partial charge in [-0.2, -0.15) is 9.61 Å². The minimum atomic E-state index is -1.60. The van der Waals surface area contributed by atoms with Crippen LogP contribution in [0, 0.1) is 5.92 Å². The van der Waals surface area contributed by atoms with E-state index in [0.717, 1.165) is 34.7 Å². The monoisotopic (exact) mass is 735 g/mol. The number of rotatable bonds is 17. The Morgan fingerprint density at radius 1 is 0.941 bits per heavy atom. The number of fused-ring (bicyclic) bond motifs is 1. The fraction of sp³-hybridized carbons (Fsp3) is 0.568. The van der Waals surface area contributed by atoms with E-state index in [1.54, 1.807) is 31.6 Å². The zero-order chi connectivity index (χ0) is 36.6.